The molecular weight excluding hydrogens is 480 g/mol. The van der Waals surface area contributed by atoms with Crippen LogP contribution in [0.2, 0.25) is 0 Å². The van der Waals surface area contributed by atoms with Gasteiger partial charge in [-0.1, -0.05) is 109 Å². The first-order valence-corrected chi connectivity index (χ1v) is 12.1. The molecule has 0 saturated heterocycles. The van der Waals surface area contributed by atoms with Crippen molar-refractivity contribution in [3.05, 3.63) is 120 Å². The quantitative estimate of drug-likeness (QED) is 0.228. The monoisotopic (exact) mass is 508 g/mol. The lowest BCUT2D eigenvalue weighted by Gasteiger charge is -2.03. The number of hydrogen-bond donors (Lipinski definition) is 2. The predicted molar refractivity (Wildman–Crippen MR) is 146 cm³/mol. The summed E-state index contributed by atoms with van der Waals surface area (Å²) in [6.07, 6.45) is -0.168. The molecule has 0 aliphatic rings. The second kappa shape index (κ2) is 14.0. The van der Waals surface area contributed by atoms with Crippen molar-refractivity contribution < 1.29 is 29.4 Å². The van der Waals surface area contributed by atoms with E-state index < -0.39 is 11.9 Å². The van der Waals surface area contributed by atoms with Crippen molar-refractivity contribution in [3.63, 3.8) is 0 Å². The van der Waals surface area contributed by atoms with Crippen LogP contribution in [0.25, 0.3) is 22.3 Å². The summed E-state index contributed by atoms with van der Waals surface area (Å²) in [5.41, 5.74) is 5.37. The Bertz CT molecular complexity index is 1250. The molecule has 0 spiro atoms. The summed E-state index contributed by atoms with van der Waals surface area (Å²) >= 11 is 0. The standard InChI is InChI=1S/2C16H14O3/c2*17-15(10-11-16(18)19)14-8-6-13(7-9-14)12-4-2-1-3-5-12/h2*1-9H,10-11H2,(H,18,19). The molecule has 0 unspecified atom stereocenters. The number of carbonyl (C=O) groups is 4. The van der Waals surface area contributed by atoms with E-state index in [1.54, 1.807) is 24.3 Å². The average Bonchev–Trinajstić information content (AvgIpc) is 2.96. The van der Waals surface area contributed by atoms with Crippen molar-refractivity contribution in [2.24, 2.45) is 0 Å². The average molecular weight is 509 g/mol. The number of carboxylic acids is 2. The van der Waals surface area contributed by atoms with Crippen LogP contribution in [0, 0.1) is 0 Å². The number of ketones is 2. The van der Waals surface area contributed by atoms with E-state index in [4.69, 9.17) is 10.2 Å². The molecule has 2 N–H and O–H groups in total. The summed E-state index contributed by atoms with van der Waals surface area (Å²) in [5.74, 6) is -2.17. The van der Waals surface area contributed by atoms with Crippen LogP contribution in [0.4, 0.5) is 0 Å². The van der Waals surface area contributed by atoms with Gasteiger partial charge in [-0.05, 0) is 22.3 Å². The number of Topliss-reactive ketones (excluding diaryl/α,β-unsaturated/α-hetero) is 2. The van der Waals surface area contributed by atoms with E-state index >= 15 is 0 Å². The first kappa shape index (κ1) is 27.7. The third kappa shape index (κ3) is 8.68. The molecule has 0 amide bonds. The fraction of sp³-hybridized carbons (Fsp3) is 0.125. The van der Waals surface area contributed by atoms with Crippen LogP contribution in [0.15, 0.2) is 109 Å². The van der Waals surface area contributed by atoms with Crippen molar-refractivity contribution in [3.8, 4) is 22.3 Å². The molecule has 0 atom stereocenters. The highest BCUT2D eigenvalue weighted by Crippen LogP contribution is 2.21. The number of rotatable bonds is 10. The highest BCUT2D eigenvalue weighted by Gasteiger charge is 2.09. The zero-order chi connectivity index (χ0) is 27.3. The van der Waals surface area contributed by atoms with E-state index in [0.717, 1.165) is 22.3 Å². The van der Waals surface area contributed by atoms with Crippen LogP contribution in [0.1, 0.15) is 46.4 Å². The lowest BCUT2D eigenvalue weighted by molar-refractivity contribution is -0.137. The largest absolute Gasteiger partial charge is 0.481 e. The highest BCUT2D eigenvalue weighted by atomic mass is 16.4. The SMILES string of the molecule is O=C(O)CCC(=O)c1ccc(-c2ccccc2)cc1.O=C(O)CCC(=O)c1ccc(-c2ccccc2)cc1. The maximum absolute atomic E-state index is 11.7. The van der Waals surface area contributed by atoms with Gasteiger partial charge in [-0.15, -0.1) is 0 Å². The van der Waals surface area contributed by atoms with Crippen LogP contribution in [0.3, 0.4) is 0 Å². The molecule has 4 aromatic rings. The van der Waals surface area contributed by atoms with Crippen LogP contribution in [0.5, 0.6) is 0 Å². The Labute approximate surface area is 221 Å². The van der Waals surface area contributed by atoms with Gasteiger partial charge in [-0.3, -0.25) is 19.2 Å². The maximum Gasteiger partial charge on any atom is 0.303 e. The van der Waals surface area contributed by atoms with Crippen LogP contribution < -0.4 is 0 Å². The smallest absolute Gasteiger partial charge is 0.303 e. The molecule has 0 aliphatic carbocycles. The van der Waals surface area contributed by atoms with Crippen LogP contribution in [-0.2, 0) is 9.59 Å². The van der Waals surface area contributed by atoms with Gasteiger partial charge in [-0.25, -0.2) is 0 Å². The molecule has 4 aromatic carbocycles. The first-order valence-electron chi connectivity index (χ1n) is 12.1. The lowest BCUT2D eigenvalue weighted by atomic mass is 10.0. The molecule has 0 bridgehead atoms. The van der Waals surface area contributed by atoms with E-state index in [-0.39, 0.29) is 37.2 Å². The summed E-state index contributed by atoms with van der Waals surface area (Å²) in [7, 11) is 0. The van der Waals surface area contributed by atoms with Gasteiger partial charge >= 0.3 is 11.9 Å². The zero-order valence-corrected chi connectivity index (χ0v) is 20.7. The molecule has 0 aromatic heterocycles. The molecule has 0 saturated carbocycles. The van der Waals surface area contributed by atoms with Crippen molar-refractivity contribution in [1.29, 1.82) is 0 Å². The number of hydrogen-bond acceptors (Lipinski definition) is 4. The van der Waals surface area contributed by atoms with Crippen molar-refractivity contribution >= 4 is 23.5 Å². The predicted octanol–water partition coefficient (Wildman–Crippen LogP) is 6.80. The first-order chi connectivity index (χ1) is 18.3. The topological polar surface area (TPSA) is 109 Å². The molecule has 0 radical (unpaired) electrons. The molecular formula is C32H28O6. The molecule has 6 nitrogen and oxygen atoms in total. The number of carbonyl (C=O) groups excluding carboxylic acids is 2. The Morgan fingerprint density at radius 3 is 0.974 bits per heavy atom. The van der Waals surface area contributed by atoms with Gasteiger partial charge < -0.3 is 10.2 Å². The second-order valence-electron chi connectivity index (χ2n) is 8.52. The maximum atomic E-state index is 11.7. The van der Waals surface area contributed by atoms with Gasteiger partial charge in [0.15, 0.2) is 11.6 Å². The number of carboxylic acid groups (broad SMARTS) is 2. The minimum Gasteiger partial charge on any atom is -0.481 e. The van der Waals surface area contributed by atoms with Gasteiger partial charge in [0, 0.05) is 24.0 Å². The summed E-state index contributed by atoms with van der Waals surface area (Å²) in [4.78, 5) is 44.3. The zero-order valence-electron chi connectivity index (χ0n) is 20.7. The van der Waals surface area contributed by atoms with Gasteiger partial charge in [0.05, 0.1) is 12.8 Å². The Morgan fingerprint density at radius 2 is 0.684 bits per heavy atom. The Hall–Kier alpha value is -4.84. The van der Waals surface area contributed by atoms with Crippen molar-refractivity contribution in [1.82, 2.24) is 0 Å². The third-order valence-electron chi connectivity index (χ3n) is 5.76. The normalized spacial score (nSPS) is 10.1. The summed E-state index contributed by atoms with van der Waals surface area (Å²) in [6, 6.07) is 34.2. The minimum atomic E-state index is -0.950. The van der Waals surface area contributed by atoms with Gasteiger partial charge in [-0.2, -0.15) is 0 Å². The number of aliphatic carboxylic acids is 2. The third-order valence-corrected chi connectivity index (χ3v) is 5.76. The van der Waals surface area contributed by atoms with E-state index in [0.29, 0.717) is 11.1 Å². The van der Waals surface area contributed by atoms with Crippen molar-refractivity contribution in [2.45, 2.75) is 25.7 Å². The van der Waals surface area contributed by atoms with E-state index in [1.807, 2.05) is 84.9 Å². The van der Waals surface area contributed by atoms with E-state index in [1.165, 1.54) is 0 Å². The number of benzene rings is 4. The minimum absolute atomic E-state index is 0.0417. The highest BCUT2D eigenvalue weighted by molar-refractivity contribution is 5.98. The molecule has 0 fully saturated rings. The Balaban J connectivity index is 0.000000211. The second-order valence-corrected chi connectivity index (χ2v) is 8.52. The molecule has 0 aliphatic heterocycles. The summed E-state index contributed by atoms with van der Waals surface area (Å²) in [6.45, 7) is 0. The lowest BCUT2D eigenvalue weighted by Crippen LogP contribution is -2.03. The summed E-state index contributed by atoms with van der Waals surface area (Å²) in [5, 5.41) is 17.1. The van der Waals surface area contributed by atoms with Crippen molar-refractivity contribution in [2.75, 3.05) is 0 Å². The fourth-order valence-electron chi connectivity index (χ4n) is 3.69. The van der Waals surface area contributed by atoms with E-state index in [2.05, 4.69) is 0 Å². The Morgan fingerprint density at radius 1 is 0.395 bits per heavy atom. The van der Waals surface area contributed by atoms with Crippen LogP contribution in [-0.4, -0.2) is 33.7 Å². The Kier molecular flexibility index (Phi) is 10.3. The summed E-state index contributed by atoms with van der Waals surface area (Å²) < 4.78 is 0. The molecule has 0 heterocycles. The van der Waals surface area contributed by atoms with Crippen LogP contribution >= 0.6 is 0 Å². The fourth-order valence-corrected chi connectivity index (χ4v) is 3.69. The van der Waals surface area contributed by atoms with Gasteiger partial charge in [0.25, 0.3) is 0 Å². The molecule has 38 heavy (non-hydrogen) atoms. The van der Waals surface area contributed by atoms with E-state index in [9.17, 15) is 19.2 Å². The molecule has 192 valence electrons. The molecule has 4 rings (SSSR count). The van der Waals surface area contributed by atoms with Gasteiger partial charge in [0.1, 0.15) is 0 Å². The van der Waals surface area contributed by atoms with Gasteiger partial charge in [0.2, 0.25) is 0 Å². The molecule has 6 heteroatoms.